The molecule has 0 aliphatic carbocycles. The SMILES string of the molecule is NNc1cncc(C(=O)NCCc2ccc(O)cc2)n1. The Labute approximate surface area is 115 Å². The van der Waals surface area contributed by atoms with Crippen molar-refractivity contribution in [3.8, 4) is 5.75 Å². The monoisotopic (exact) mass is 273 g/mol. The largest absolute Gasteiger partial charge is 0.508 e. The lowest BCUT2D eigenvalue weighted by Crippen LogP contribution is -2.27. The van der Waals surface area contributed by atoms with Gasteiger partial charge in [-0.25, -0.2) is 10.8 Å². The number of phenolic OH excluding ortho intramolecular Hbond substituents is 1. The Morgan fingerprint density at radius 1 is 1.25 bits per heavy atom. The van der Waals surface area contributed by atoms with Gasteiger partial charge in [-0.3, -0.25) is 9.78 Å². The topological polar surface area (TPSA) is 113 Å². The third kappa shape index (κ3) is 3.66. The summed E-state index contributed by atoms with van der Waals surface area (Å²) in [6.07, 6.45) is 3.46. The van der Waals surface area contributed by atoms with E-state index in [-0.39, 0.29) is 17.4 Å². The normalized spacial score (nSPS) is 10.1. The van der Waals surface area contributed by atoms with Crippen molar-refractivity contribution in [3.05, 3.63) is 47.9 Å². The number of hydrogen-bond acceptors (Lipinski definition) is 6. The summed E-state index contributed by atoms with van der Waals surface area (Å²) in [5, 5.41) is 11.9. The van der Waals surface area contributed by atoms with Crippen LogP contribution in [0.1, 0.15) is 16.1 Å². The fraction of sp³-hybridized carbons (Fsp3) is 0.154. The quantitative estimate of drug-likeness (QED) is 0.464. The Morgan fingerprint density at radius 3 is 2.70 bits per heavy atom. The number of hydrogen-bond donors (Lipinski definition) is 4. The molecule has 0 radical (unpaired) electrons. The minimum absolute atomic E-state index is 0.200. The molecule has 1 aromatic heterocycles. The van der Waals surface area contributed by atoms with Crippen molar-refractivity contribution in [1.82, 2.24) is 15.3 Å². The molecule has 0 fully saturated rings. The maximum atomic E-state index is 11.8. The van der Waals surface area contributed by atoms with Crippen LogP contribution in [0, 0.1) is 0 Å². The highest BCUT2D eigenvalue weighted by Crippen LogP contribution is 2.09. The van der Waals surface area contributed by atoms with E-state index >= 15 is 0 Å². The number of carbonyl (C=O) groups excluding carboxylic acids is 1. The van der Waals surface area contributed by atoms with Gasteiger partial charge in [-0.05, 0) is 24.1 Å². The first-order valence-electron chi connectivity index (χ1n) is 6.04. The van der Waals surface area contributed by atoms with Crippen LogP contribution in [0.25, 0.3) is 0 Å². The van der Waals surface area contributed by atoms with E-state index in [4.69, 9.17) is 10.9 Å². The van der Waals surface area contributed by atoms with Crippen LogP contribution in [-0.2, 0) is 6.42 Å². The van der Waals surface area contributed by atoms with E-state index < -0.39 is 0 Å². The first-order valence-corrected chi connectivity index (χ1v) is 6.04. The molecule has 20 heavy (non-hydrogen) atoms. The molecule has 0 atom stereocenters. The number of amides is 1. The van der Waals surface area contributed by atoms with Crippen LogP contribution in [0.4, 0.5) is 5.82 Å². The molecule has 1 heterocycles. The molecule has 0 bridgehead atoms. The summed E-state index contributed by atoms with van der Waals surface area (Å²) in [7, 11) is 0. The molecule has 2 rings (SSSR count). The number of aromatic hydroxyl groups is 1. The van der Waals surface area contributed by atoms with Crippen molar-refractivity contribution in [2.24, 2.45) is 5.84 Å². The summed E-state index contributed by atoms with van der Waals surface area (Å²) < 4.78 is 0. The predicted molar refractivity (Wildman–Crippen MR) is 74.0 cm³/mol. The Bertz CT molecular complexity index is 586. The Hall–Kier alpha value is -2.67. The second kappa shape index (κ2) is 6.48. The zero-order valence-corrected chi connectivity index (χ0v) is 10.7. The van der Waals surface area contributed by atoms with Crippen LogP contribution in [0.5, 0.6) is 5.75 Å². The minimum atomic E-state index is -0.312. The van der Waals surface area contributed by atoms with Gasteiger partial charge in [0, 0.05) is 6.54 Å². The fourth-order valence-corrected chi connectivity index (χ4v) is 1.62. The minimum Gasteiger partial charge on any atom is -0.508 e. The predicted octanol–water partition coefficient (Wildman–Crippen LogP) is 0.440. The van der Waals surface area contributed by atoms with Crippen molar-refractivity contribution in [2.45, 2.75) is 6.42 Å². The van der Waals surface area contributed by atoms with Crippen LogP contribution in [0.15, 0.2) is 36.7 Å². The number of rotatable bonds is 5. The van der Waals surface area contributed by atoms with Gasteiger partial charge in [0.2, 0.25) is 0 Å². The summed E-state index contributed by atoms with van der Waals surface area (Å²) in [4.78, 5) is 19.7. The molecular weight excluding hydrogens is 258 g/mol. The molecule has 0 aliphatic heterocycles. The first-order chi connectivity index (χ1) is 9.69. The standard InChI is InChI=1S/C13H15N5O2/c14-18-12-8-15-7-11(17-12)13(20)16-6-5-9-1-3-10(19)4-2-9/h1-4,7-8,19H,5-6,14H2,(H,16,20)(H,17,18). The third-order valence-electron chi connectivity index (χ3n) is 2.65. The van der Waals surface area contributed by atoms with E-state index in [1.54, 1.807) is 24.3 Å². The molecule has 5 N–H and O–H groups in total. The first kappa shape index (κ1) is 13.8. The number of carbonyl (C=O) groups is 1. The zero-order valence-electron chi connectivity index (χ0n) is 10.7. The smallest absolute Gasteiger partial charge is 0.271 e. The highest BCUT2D eigenvalue weighted by atomic mass is 16.3. The average Bonchev–Trinajstić information content (AvgIpc) is 2.49. The second-order valence-corrected chi connectivity index (χ2v) is 4.11. The third-order valence-corrected chi connectivity index (χ3v) is 2.65. The van der Waals surface area contributed by atoms with Crippen LogP contribution in [0.2, 0.25) is 0 Å². The molecule has 0 unspecified atom stereocenters. The number of aromatic nitrogens is 2. The Morgan fingerprint density at radius 2 is 2.00 bits per heavy atom. The lowest BCUT2D eigenvalue weighted by molar-refractivity contribution is 0.0949. The van der Waals surface area contributed by atoms with Crippen molar-refractivity contribution in [2.75, 3.05) is 12.0 Å². The number of hydrazine groups is 1. The molecule has 7 heteroatoms. The van der Waals surface area contributed by atoms with Gasteiger partial charge in [-0.1, -0.05) is 12.1 Å². The number of anilines is 1. The molecule has 7 nitrogen and oxygen atoms in total. The van der Waals surface area contributed by atoms with E-state index in [0.29, 0.717) is 18.8 Å². The van der Waals surface area contributed by atoms with E-state index in [0.717, 1.165) is 5.56 Å². The lowest BCUT2D eigenvalue weighted by atomic mass is 10.1. The highest BCUT2D eigenvalue weighted by molar-refractivity contribution is 5.92. The highest BCUT2D eigenvalue weighted by Gasteiger charge is 2.07. The fourth-order valence-electron chi connectivity index (χ4n) is 1.62. The number of phenols is 1. The van der Waals surface area contributed by atoms with Crippen molar-refractivity contribution in [3.63, 3.8) is 0 Å². The Kier molecular flexibility index (Phi) is 4.46. The van der Waals surface area contributed by atoms with Crippen LogP contribution in [0.3, 0.4) is 0 Å². The van der Waals surface area contributed by atoms with E-state index in [2.05, 4.69) is 20.7 Å². The number of nitrogen functional groups attached to an aromatic ring is 1. The van der Waals surface area contributed by atoms with Gasteiger partial charge in [0.05, 0.1) is 12.4 Å². The maximum Gasteiger partial charge on any atom is 0.271 e. The number of nitrogens with zero attached hydrogens (tertiary/aromatic N) is 2. The summed E-state index contributed by atoms with van der Waals surface area (Å²) >= 11 is 0. The van der Waals surface area contributed by atoms with Gasteiger partial charge >= 0.3 is 0 Å². The van der Waals surface area contributed by atoms with Gasteiger partial charge in [-0.15, -0.1) is 0 Å². The van der Waals surface area contributed by atoms with E-state index in [1.165, 1.54) is 12.4 Å². The second-order valence-electron chi connectivity index (χ2n) is 4.11. The van der Waals surface area contributed by atoms with Gasteiger partial charge in [-0.2, -0.15) is 0 Å². The summed E-state index contributed by atoms with van der Waals surface area (Å²) in [6.45, 7) is 0.464. The van der Waals surface area contributed by atoms with Crippen LogP contribution >= 0.6 is 0 Å². The van der Waals surface area contributed by atoms with Gasteiger partial charge < -0.3 is 15.8 Å². The average molecular weight is 273 g/mol. The molecule has 0 spiro atoms. The molecule has 0 saturated carbocycles. The Balaban J connectivity index is 1.87. The number of benzene rings is 1. The molecular formula is C13H15N5O2. The molecule has 2 aromatic rings. The van der Waals surface area contributed by atoms with E-state index in [1.807, 2.05) is 0 Å². The molecule has 0 saturated heterocycles. The van der Waals surface area contributed by atoms with Gasteiger partial charge in [0.15, 0.2) is 5.82 Å². The van der Waals surface area contributed by atoms with Crippen LogP contribution in [-0.4, -0.2) is 27.5 Å². The van der Waals surface area contributed by atoms with Crippen molar-refractivity contribution in [1.29, 1.82) is 0 Å². The summed E-state index contributed by atoms with van der Waals surface area (Å²) in [5.74, 6) is 5.44. The molecule has 1 aromatic carbocycles. The zero-order chi connectivity index (χ0) is 14.4. The van der Waals surface area contributed by atoms with Crippen molar-refractivity contribution >= 4 is 11.7 Å². The van der Waals surface area contributed by atoms with Crippen molar-refractivity contribution < 1.29 is 9.90 Å². The summed E-state index contributed by atoms with van der Waals surface area (Å²) in [6, 6.07) is 6.83. The summed E-state index contributed by atoms with van der Waals surface area (Å²) in [5.41, 5.74) is 3.55. The molecule has 0 aliphatic rings. The lowest BCUT2D eigenvalue weighted by Gasteiger charge is -2.06. The van der Waals surface area contributed by atoms with Crippen LogP contribution < -0.4 is 16.6 Å². The van der Waals surface area contributed by atoms with Gasteiger partial charge in [0.25, 0.3) is 5.91 Å². The van der Waals surface area contributed by atoms with E-state index in [9.17, 15) is 4.79 Å². The number of nitrogens with one attached hydrogen (secondary N) is 2. The molecule has 104 valence electrons. The number of nitrogens with two attached hydrogens (primary N) is 1. The molecule has 1 amide bonds. The van der Waals surface area contributed by atoms with Gasteiger partial charge in [0.1, 0.15) is 11.4 Å². The maximum absolute atomic E-state index is 11.8.